The molecular weight excluding hydrogens is 436 g/mol. The van der Waals surface area contributed by atoms with Crippen molar-refractivity contribution in [3.63, 3.8) is 0 Å². The van der Waals surface area contributed by atoms with Crippen LogP contribution in [0, 0.1) is 0 Å². The number of amides is 3. The quantitative estimate of drug-likeness (QED) is 0.424. The highest BCUT2D eigenvalue weighted by Crippen LogP contribution is 2.39. The van der Waals surface area contributed by atoms with E-state index in [2.05, 4.69) is 21.3 Å². The third-order valence-electron chi connectivity index (χ3n) is 4.48. The van der Waals surface area contributed by atoms with Crippen LogP contribution in [0.2, 0.25) is 5.02 Å². The maximum atomic E-state index is 12.4. The van der Waals surface area contributed by atoms with Gasteiger partial charge in [-0.1, -0.05) is 41.6 Å². The molecule has 0 fully saturated rings. The van der Waals surface area contributed by atoms with Crippen molar-refractivity contribution in [3.05, 3.63) is 77.3 Å². The molecule has 3 amide bonds. The minimum atomic E-state index is -0.426. The van der Waals surface area contributed by atoms with Crippen molar-refractivity contribution in [1.29, 1.82) is 0 Å². The van der Waals surface area contributed by atoms with E-state index in [1.807, 2.05) is 30.3 Å². The van der Waals surface area contributed by atoms with Crippen molar-refractivity contribution in [1.82, 2.24) is 5.32 Å². The highest BCUT2D eigenvalue weighted by Gasteiger charge is 2.23. The van der Waals surface area contributed by atoms with Gasteiger partial charge in [0.05, 0.1) is 18.5 Å². The van der Waals surface area contributed by atoms with E-state index in [0.29, 0.717) is 27.7 Å². The zero-order chi connectivity index (χ0) is 21.8. The van der Waals surface area contributed by atoms with Gasteiger partial charge in [0.25, 0.3) is 5.91 Å². The molecule has 0 aromatic heterocycles. The SMILES string of the molecule is COc1ccc(Cl)cc1NC(=O)Nc1ccc2c(c1)SC(NC(=O)c1ccccc1)N2. The first-order valence-electron chi connectivity index (χ1n) is 9.36. The molecule has 158 valence electrons. The summed E-state index contributed by atoms with van der Waals surface area (Å²) in [7, 11) is 1.52. The van der Waals surface area contributed by atoms with Crippen molar-refractivity contribution in [3.8, 4) is 5.75 Å². The van der Waals surface area contributed by atoms with Gasteiger partial charge in [-0.2, -0.15) is 0 Å². The van der Waals surface area contributed by atoms with Gasteiger partial charge in [-0.05, 0) is 48.5 Å². The fourth-order valence-electron chi connectivity index (χ4n) is 3.03. The number of benzene rings is 3. The lowest BCUT2D eigenvalue weighted by molar-refractivity contribution is 0.0953. The molecule has 4 N–H and O–H groups in total. The molecule has 1 atom stereocenters. The predicted octanol–water partition coefficient (Wildman–Crippen LogP) is 5.22. The van der Waals surface area contributed by atoms with Crippen LogP contribution in [0.3, 0.4) is 0 Å². The predicted molar refractivity (Wildman–Crippen MR) is 124 cm³/mol. The Morgan fingerprint density at radius 1 is 1.03 bits per heavy atom. The number of ether oxygens (including phenoxy) is 1. The first-order valence-corrected chi connectivity index (χ1v) is 10.6. The Balaban J connectivity index is 1.38. The van der Waals surface area contributed by atoms with Gasteiger partial charge in [-0.3, -0.25) is 4.79 Å². The maximum absolute atomic E-state index is 12.4. The van der Waals surface area contributed by atoms with Crippen molar-refractivity contribution < 1.29 is 14.3 Å². The summed E-state index contributed by atoms with van der Waals surface area (Å²) in [4.78, 5) is 25.7. The van der Waals surface area contributed by atoms with E-state index in [1.165, 1.54) is 18.9 Å². The molecular formula is C22H19ClN4O3S. The van der Waals surface area contributed by atoms with Crippen LogP contribution in [0.25, 0.3) is 0 Å². The number of fused-ring (bicyclic) bond motifs is 1. The molecule has 31 heavy (non-hydrogen) atoms. The third kappa shape index (κ3) is 5.04. The van der Waals surface area contributed by atoms with Crippen LogP contribution in [-0.2, 0) is 0 Å². The minimum absolute atomic E-state index is 0.161. The summed E-state index contributed by atoms with van der Waals surface area (Å²) in [6, 6.07) is 19.1. The lowest BCUT2D eigenvalue weighted by atomic mass is 10.2. The van der Waals surface area contributed by atoms with Crippen molar-refractivity contribution in [2.45, 2.75) is 10.4 Å². The van der Waals surface area contributed by atoms with E-state index in [-0.39, 0.29) is 11.4 Å². The summed E-state index contributed by atoms with van der Waals surface area (Å²) in [5.41, 5.74) is 2.25. The molecule has 1 unspecified atom stereocenters. The Morgan fingerprint density at radius 2 is 1.84 bits per heavy atom. The Labute approximate surface area is 188 Å². The number of carbonyl (C=O) groups excluding carboxylic acids is 2. The van der Waals surface area contributed by atoms with Crippen LogP contribution < -0.4 is 26.0 Å². The third-order valence-corrected chi connectivity index (χ3v) is 5.78. The number of carbonyl (C=O) groups is 2. The van der Waals surface area contributed by atoms with Crippen LogP contribution in [0.4, 0.5) is 21.9 Å². The number of halogens is 1. The summed E-state index contributed by atoms with van der Waals surface area (Å²) in [6.07, 6.45) is 0. The number of urea groups is 1. The Kier molecular flexibility index (Phi) is 6.20. The number of hydrogen-bond acceptors (Lipinski definition) is 5. The molecule has 0 aliphatic carbocycles. The van der Waals surface area contributed by atoms with Gasteiger partial charge in [0.15, 0.2) is 5.50 Å². The van der Waals surface area contributed by atoms with Crippen LogP contribution in [0.5, 0.6) is 5.75 Å². The molecule has 3 aromatic carbocycles. The zero-order valence-corrected chi connectivity index (χ0v) is 18.0. The van der Waals surface area contributed by atoms with Crippen molar-refractivity contribution >= 4 is 52.4 Å². The van der Waals surface area contributed by atoms with Gasteiger partial charge in [-0.15, -0.1) is 0 Å². The van der Waals surface area contributed by atoms with Gasteiger partial charge in [0.2, 0.25) is 0 Å². The molecule has 0 radical (unpaired) electrons. The molecule has 1 heterocycles. The smallest absolute Gasteiger partial charge is 0.323 e. The number of hydrogen-bond donors (Lipinski definition) is 4. The van der Waals surface area contributed by atoms with Gasteiger partial charge < -0.3 is 26.0 Å². The lowest BCUT2D eigenvalue weighted by Gasteiger charge is -2.12. The standard InChI is InChI=1S/C22H19ClN4O3S/c1-30-18-10-7-14(23)11-17(18)25-21(29)24-15-8-9-16-19(12-15)31-22(26-16)27-20(28)13-5-3-2-4-6-13/h2-12,22,26H,1H3,(H,27,28)(H2,24,25,29). The molecule has 0 saturated carbocycles. The number of anilines is 3. The van der Waals surface area contributed by atoms with E-state index < -0.39 is 6.03 Å². The fraction of sp³-hybridized carbons (Fsp3) is 0.0909. The van der Waals surface area contributed by atoms with Crippen LogP contribution in [0.15, 0.2) is 71.6 Å². The van der Waals surface area contributed by atoms with Gasteiger partial charge in [0, 0.05) is 21.2 Å². The summed E-state index contributed by atoms with van der Waals surface area (Å²) >= 11 is 7.46. The molecule has 1 aliphatic rings. The summed E-state index contributed by atoms with van der Waals surface area (Å²) < 4.78 is 5.24. The van der Waals surface area contributed by atoms with Crippen molar-refractivity contribution in [2.24, 2.45) is 0 Å². The molecule has 0 spiro atoms. The zero-order valence-electron chi connectivity index (χ0n) is 16.4. The normalized spacial score (nSPS) is 14.2. The number of thioether (sulfide) groups is 1. The second-order valence-electron chi connectivity index (χ2n) is 6.62. The summed E-state index contributed by atoms with van der Waals surface area (Å²) in [5.74, 6) is 0.344. The highest BCUT2D eigenvalue weighted by atomic mass is 35.5. The van der Waals surface area contributed by atoms with Crippen LogP contribution in [-0.4, -0.2) is 24.5 Å². The van der Waals surface area contributed by atoms with E-state index in [0.717, 1.165) is 10.6 Å². The first-order chi connectivity index (χ1) is 15.0. The highest BCUT2D eigenvalue weighted by molar-refractivity contribution is 8.00. The number of nitrogens with one attached hydrogen (secondary N) is 4. The average Bonchev–Trinajstić information content (AvgIpc) is 3.16. The second kappa shape index (κ2) is 9.20. The molecule has 0 saturated heterocycles. The van der Waals surface area contributed by atoms with Gasteiger partial charge in [0.1, 0.15) is 5.75 Å². The van der Waals surface area contributed by atoms with E-state index in [9.17, 15) is 9.59 Å². The Morgan fingerprint density at radius 3 is 2.61 bits per heavy atom. The number of methoxy groups -OCH3 is 1. The van der Waals surface area contributed by atoms with Gasteiger partial charge in [-0.25, -0.2) is 4.79 Å². The molecule has 3 aromatic rings. The Hall–Kier alpha value is -3.36. The van der Waals surface area contributed by atoms with Crippen LogP contribution >= 0.6 is 23.4 Å². The van der Waals surface area contributed by atoms with E-state index in [4.69, 9.17) is 16.3 Å². The lowest BCUT2D eigenvalue weighted by Crippen LogP contribution is -2.35. The molecule has 4 rings (SSSR count). The van der Waals surface area contributed by atoms with Crippen LogP contribution in [0.1, 0.15) is 10.4 Å². The summed E-state index contributed by atoms with van der Waals surface area (Å²) in [5, 5.41) is 12.2. The van der Waals surface area contributed by atoms with E-state index in [1.54, 1.807) is 36.4 Å². The average molecular weight is 455 g/mol. The molecule has 9 heteroatoms. The van der Waals surface area contributed by atoms with Crippen molar-refractivity contribution in [2.75, 3.05) is 23.1 Å². The first kappa shape index (κ1) is 20.9. The number of rotatable bonds is 5. The fourth-order valence-corrected chi connectivity index (χ4v) is 4.26. The molecule has 1 aliphatic heterocycles. The summed E-state index contributed by atoms with van der Waals surface area (Å²) in [6.45, 7) is 0. The van der Waals surface area contributed by atoms with E-state index >= 15 is 0 Å². The monoisotopic (exact) mass is 454 g/mol. The maximum Gasteiger partial charge on any atom is 0.323 e. The second-order valence-corrected chi connectivity index (χ2v) is 8.20. The topological polar surface area (TPSA) is 91.5 Å². The van der Waals surface area contributed by atoms with Gasteiger partial charge >= 0.3 is 6.03 Å². The molecule has 7 nitrogen and oxygen atoms in total. The minimum Gasteiger partial charge on any atom is -0.495 e. The largest absolute Gasteiger partial charge is 0.495 e. The Bertz CT molecular complexity index is 1130. The molecule has 0 bridgehead atoms.